The van der Waals surface area contributed by atoms with Crippen LogP contribution in [-0.2, 0) is 4.79 Å². The summed E-state index contributed by atoms with van der Waals surface area (Å²) >= 11 is 6.02. The van der Waals surface area contributed by atoms with E-state index in [2.05, 4.69) is 6.92 Å². The molecule has 1 aromatic heterocycles. The Morgan fingerprint density at radius 1 is 1.12 bits per heavy atom. The Labute approximate surface area is 158 Å². The number of nitrogens with zero attached hydrogens (tertiary/aromatic N) is 1. The SMILES string of the molecule is CCC(CCC(N)=O)c1oc(-c2ccccc2)nc1-c1ccc(Cl)cc1. The van der Waals surface area contributed by atoms with E-state index >= 15 is 0 Å². The highest BCUT2D eigenvalue weighted by Crippen LogP contribution is 2.37. The lowest BCUT2D eigenvalue weighted by Crippen LogP contribution is -2.12. The molecule has 1 unspecified atom stereocenters. The average Bonchev–Trinajstić information content (AvgIpc) is 3.09. The van der Waals surface area contributed by atoms with Crippen LogP contribution in [0.3, 0.4) is 0 Å². The second-order valence-corrected chi connectivity index (χ2v) is 6.65. The Bertz CT molecular complexity index is 873. The van der Waals surface area contributed by atoms with Gasteiger partial charge in [-0.1, -0.05) is 48.9 Å². The summed E-state index contributed by atoms with van der Waals surface area (Å²) < 4.78 is 6.17. The van der Waals surface area contributed by atoms with Crippen molar-refractivity contribution in [2.75, 3.05) is 0 Å². The highest BCUT2D eigenvalue weighted by molar-refractivity contribution is 6.30. The number of nitrogens with two attached hydrogens (primary N) is 1. The van der Waals surface area contributed by atoms with Gasteiger partial charge in [-0.2, -0.15) is 0 Å². The lowest BCUT2D eigenvalue weighted by atomic mass is 9.94. The van der Waals surface area contributed by atoms with Crippen molar-refractivity contribution in [2.45, 2.75) is 32.1 Å². The third-order valence-electron chi connectivity index (χ3n) is 4.39. The van der Waals surface area contributed by atoms with Crippen molar-refractivity contribution < 1.29 is 9.21 Å². The predicted molar refractivity (Wildman–Crippen MR) is 104 cm³/mol. The summed E-state index contributed by atoms with van der Waals surface area (Å²) in [5.41, 5.74) is 7.98. The molecule has 2 aromatic carbocycles. The lowest BCUT2D eigenvalue weighted by Gasteiger charge is -2.12. The molecular formula is C21H21ClN2O2. The number of amides is 1. The van der Waals surface area contributed by atoms with Crippen molar-refractivity contribution in [3.05, 3.63) is 65.4 Å². The van der Waals surface area contributed by atoms with Crippen LogP contribution < -0.4 is 5.73 Å². The van der Waals surface area contributed by atoms with Crippen molar-refractivity contribution in [1.82, 2.24) is 4.98 Å². The number of rotatable bonds is 7. The molecule has 3 aromatic rings. The summed E-state index contributed by atoms with van der Waals surface area (Å²) in [6.07, 6.45) is 1.78. The fraction of sp³-hybridized carbons (Fsp3) is 0.238. The first kappa shape index (κ1) is 18.2. The van der Waals surface area contributed by atoms with Crippen LogP contribution >= 0.6 is 11.6 Å². The highest BCUT2D eigenvalue weighted by Gasteiger charge is 2.23. The lowest BCUT2D eigenvalue weighted by molar-refractivity contribution is -0.118. The molecule has 0 spiro atoms. The maximum absolute atomic E-state index is 11.2. The van der Waals surface area contributed by atoms with Crippen molar-refractivity contribution in [3.63, 3.8) is 0 Å². The summed E-state index contributed by atoms with van der Waals surface area (Å²) in [5, 5.41) is 0.669. The standard InChI is InChI=1S/C21H21ClN2O2/c1-2-14(10-13-18(23)25)20-19(15-8-11-17(22)12-9-15)24-21(26-20)16-6-4-3-5-7-16/h3-9,11-12,14H,2,10,13H2,1H3,(H2,23,25). The van der Waals surface area contributed by atoms with E-state index in [9.17, 15) is 4.79 Å². The maximum atomic E-state index is 11.2. The van der Waals surface area contributed by atoms with Gasteiger partial charge in [0.1, 0.15) is 11.5 Å². The van der Waals surface area contributed by atoms with Crippen LogP contribution in [-0.4, -0.2) is 10.9 Å². The number of hydrogen-bond acceptors (Lipinski definition) is 3. The topological polar surface area (TPSA) is 69.1 Å². The molecule has 2 N–H and O–H groups in total. The number of hydrogen-bond donors (Lipinski definition) is 1. The van der Waals surface area contributed by atoms with Gasteiger partial charge in [-0.3, -0.25) is 4.79 Å². The molecular weight excluding hydrogens is 348 g/mol. The van der Waals surface area contributed by atoms with Crippen LogP contribution in [0.4, 0.5) is 0 Å². The van der Waals surface area contributed by atoms with Gasteiger partial charge < -0.3 is 10.2 Å². The highest BCUT2D eigenvalue weighted by atomic mass is 35.5. The molecule has 3 rings (SSSR count). The molecule has 134 valence electrons. The molecule has 1 atom stereocenters. The Kier molecular flexibility index (Phi) is 5.74. The van der Waals surface area contributed by atoms with Gasteiger partial charge in [-0.15, -0.1) is 0 Å². The number of oxazole rings is 1. The molecule has 0 aliphatic heterocycles. The number of halogens is 1. The maximum Gasteiger partial charge on any atom is 0.226 e. The van der Waals surface area contributed by atoms with E-state index in [1.54, 1.807) is 0 Å². The van der Waals surface area contributed by atoms with E-state index in [1.807, 2.05) is 54.6 Å². The first-order valence-corrected chi connectivity index (χ1v) is 9.06. The van der Waals surface area contributed by atoms with E-state index < -0.39 is 0 Å². The van der Waals surface area contributed by atoms with E-state index in [0.29, 0.717) is 23.8 Å². The molecule has 0 saturated carbocycles. The monoisotopic (exact) mass is 368 g/mol. The molecule has 1 amide bonds. The molecule has 5 heteroatoms. The van der Waals surface area contributed by atoms with Gasteiger partial charge in [-0.05, 0) is 37.1 Å². The number of carbonyl (C=O) groups excluding carboxylic acids is 1. The largest absolute Gasteiger partial charge is 0.440 e. The normalized spacial score (nSPS) is 12.1. The van der Waals surface area contributed by atoms with Crippen LogP contribution in [0.15, 0.2) is 59.0 Å². The number of benzene rings is 2. The minimum Gasteiger partial charge on any atom is -0.440 e. The molecule has 0 aliphatic rings. The smallest absolute Gasteiger partial charge is 0.226 e. The molecule has 0 aliphatic carbocycles. The zero-order valence-electron chi connectivity index (χ0n) is 14.6. The van der Waals surface area contributed by atoms with Crippen LogP contribution in [0.1, 0.15) is 37.9 Å². The van der Waals surface area contributed by atoms with Gasteiger partial charge in [0.15, 0.2) is 0 Å². The number of primary amides is 1. The molecule has 0 bridgehead atoms. The molecule has 0 fully saturated rings. The predicted octanol–water partition coefficient (Wildman–Crippen LogP) is 5.42. The van der Waals surface area contributed by atoms with Gasteiger partial charge in [0.25, 0.3) is 0 Å². The van der Waals surface area contributed by atoms with Crippen molar-refractivity contribution in [3.8, 4) is 22.7 Å². The molecule has 26 heavy (non-hydrogen) atoms. The van der Waals surface area contributed by atoms with E-state index in [0.717, 1.165) is 29.0 Å². The van der Waals surface area contributed by atoms with Crippen molar-refractivity contribution in [2.24, 2.45) is 5.73 Å². The Morgan fingerprint density at radius 2 is 1.81 bits per heavy atom. The Balaban J connectivity index is 2.06. The van der Waals surface area contributed by atoms with E-state index in [-0.39, 0.29) is 11.8 Å². The molecule has 4 nitrogen and oxygen atoms in total. The second kappa shape index (κ2) is 8.19. The molecule has 0 saturated heterocycles. The van der Waals surface area contributed by atoms with Gasteiger partial charge in [0.2, 0.25) is 11.8 Å². The van der Waals surface area contributed by atoms with E-state index in [1.165, 1.54) is 0 Å². The van der Waals surface area contributed by atoms with Crippen LogP contribution in [0.2, 0.25) is 5.02 Å². The third kappa shape index (κ3) is 4.14. The minimum absolute atomic E-state index is 0.0677. The summed E-state index contributed by atoms with van der Waals surface area (Å²) in [6, 6.07) is 17.3. The van der Waals surface area contributed by atoms with Gasteiger partial charge in [-0.25, -0.2) is 4.98 Å². The Morgan fingerprint density at radius 3 is 2.42 bits per heavy atom. The molecule has 0 radical (unpaired) electrons. The summed E-state index contributed by atoms with van der Waals surface area (Å²) in [6.45, 7) is 2.07. The van der Waals surface area contributed by atoms with Gasteiger partial charge in [0, 0.05) is 28.5 Å². The minimum atomic E-state index is -0.306. The Hall–Kier alpha value is -2.59. The van der Waals surface area contributed by atoms with Crippen molar-refractivity contribution >= 4 is 17.5 Å². The summed E-state index contributed by atoms with van der Waals surface area (Å²) in [4.78, 5) is 16.0. The number of carbonyl (C=O) groups is 1. The summed E-state index contributed by atoms with van der Waals surface area (Å²) in [5.74, 6) is 1.12. The van der Waals surface area contributed by atoms with Gasteiger partial charge in [0.05, 0.1) is 0 Å². The number of aromatic nitrogens is 1. The fourth-order valence-corrected chi connectivity index (χ4v) is 3.09. The van der Waals surface area contributed by atoms with Crippen LogP contribution in [0.5, 0.6) is 0 Å². The zero-order chi connectivity index (χ0) is 18.5. The quantitative estimate of drug-likeness (QED) is 0.605. The first-order chi connectivity index (χ1) is 12.6. The van der Waals surface area contributed by atoms with Crippen LogP contribution in [0.25, 0.3) is 22.7 Å². The average molecular weight is 369 g/mol. The van der Waals surface area contributed by atoms with E-state index in [4.69, 9.17) is 26.7 Å². The fourth-order valence-electron chi connectivity index (χ4n) is 2.96. The second-order valence-electron chi connectivity index (χ2n) is 6.21. The summed E-state index contributed by atoms with van der Waals surface area (Å²) in [7, 11) is 0. The molecule has 1 heterocycles. The first-order valence-electron chi connectivity index (χ1n) is 8.69. The zero-order valence-corrected chi connectivity index (χ0v) is 15.4. The van der Waals surface area contributed by atoms with Gasteiger partial charge >= 0.3 is 0 Å². The van der Waals surface area contributed by atoms with Crippen molar-refractivity contribution in [1.29, 1.82) is 0 Å². The van der Waals surface area contributed by atoms with Crippen LogP contribution in [0, 0.1) is 0 Å². The third-order valence-corrected chi connectivity index (χ3v) is 4.65.